The molecule has 4 aliphatic heterocycles. The Hall–Kier alpha value is -12.1. The Morgan fingerprint density at radius 3 is 1.17 bits per heavy atom. The van der Waals surface area contributed by atoms with Crippen molar-refractivity contribution in [3.05, 3.63) is 236 Å². The van der Waals surface area contributed by atoms with E-state index in [0.29, 0.717) is 74.2 Å². The summed E-state index contributed by atoms with van der Waals surface area (Å²) in [5.74, 6) is -1.25. The SMILES string of the molecule is COc1ccc(-c2cc(=O)n3cc(N4CCNCC4)ccc3c2)cc1F.COc1ccc(-c2cc(=O)n3cc(N4CCN[C@@H](C)C4)ccc3c2)cc1F.COc1ccc(-c2cc(=O)n3cc(N4CCN[C@@H](C)C4)ccc3n2)cc1OC(F)F.C[C@H]1CN(c2ccc3nc(-c4ccc(O)c(OC(F)F)c4)cc(=O)n3c2)CCN1. The van der Waals surface area contributed by atoms with Gasteiger partial charge in [0, 0.05) is 174 Å². The second kappa shape index (κ2) is 34.8. The smallest absolute Gasteiger partial charge is 0.387 e. The van der Waals surface area contributed by atoms with Crippen LogP contribution in [0.2, 0.25) is 0 Å². The Balaban J connectivity index is 0.000000131. The number of aromatic nitrogens is 6. The van der Waals surface area contributed by atoms with Crippen molar-refractivity contribution in [3.8, 4) is 79.3 Å². The predicted molar refractivity (Wildman–Crippen MR) is 421 cm³/mol. The number of methoxy groups -OCH3 is 3. The molecule has 12 heterocycles. The molecule has 12 aromatic rings. The Morgan fingerprint density at radius 2 is 0.750 bits per heavy atom. The molecule has 3 atom stereocenters. The third-order valence-electron chi connectivity index (χ3n) is 19.7. The van der Waals surface area contributed by atoms with E-state index in [2.05, 4.69) is 81.1 Å². The molecule has 0 aliphatic carbocycles. The molecule has 24 nitrogen and oxygen atoms in total. The maximum atomic E-state index is 14.0. The summed E-state index contributed by atoms with van der Waals surface area (Å²) in [5, 5.41) is 23.2. The van der Waals surface area contributed by atoms with E-state index in [0.717, 1.165) is 119 Å². The fraction of sp³-hybridized carbons (Fsp3) is 0.293. The lowest BCUT2D eigenvalue weighted by molar-refractivity contribution is -0.0518. The molecule has 0 bridgehead atoms. The van der Waals surface area contributed by atoms with Crippen LogP contribution in [-0.4, -0.2) is 170 Å². The fourth-order valence-electron chi connectivity index (χ4n) is 14.0. The molecule has 0 spiro atoms. The standard InChI is InChI=1S/C21H22F2N4O3.C21H22FN3O2.C20H20F2N4O3.C20H20FN3O2/c1-13-11-26(8-7-24-13)15-4-6-19-25-16(10-20(28)27(19)12-15)14-3-5-17(29-2)18(9-14)30-21(22)23;1-14-12-24(8-7-23-14)18-5-4-17-9-16(11-21(26)25(17)13-18)15-3-6-20(27-2)19(22)10-15;1-12-10-25(7-6-23-12)14-3-5-18-24-15(9-19(28)26(18)11-14)13-2-4-16(27)17(8-13)29-20(21)22;1-26-19-5-2-14(11-18(19)21)15-10-16-3-4-17(13-24(16)20(25)12-15)23-8-6-22-7-9-23/h3-6,9-10,12-13,21,24H,7-8,11H2,1-2H3;3-6,9-11,13-14,23H,7-8,12H2,1-2H3;2-5,8-9,11-12,20,23,27H,6-7,10H2,1H3;2-5,10-13,22H,6-9H2,1H3/t13-;14-;12-;/m000./s1. The van der Waals surface area contributed by atoms with Gasteiger partial charge in [0.25, 0.3) is 22.2 Å². The summed E-state index contributed by atoms with van der Waals surface area (Å²) < 4.78 is 108. The molecule has 4 aliphatic rings. The number of ether oxygens (including phenoxy) is 5. The van der Waals surface area contributed by atoms with Gasteiger partial charge >= 0.3 is 13.2 Å². The number of benzene rings is 4. The summed E-state index contributed by atoms with van der Waals surface area (Å²) in [4.78, 5) is 68.7. The molecular formula is C82H84F6N14O10. The second-order valence-corrected chi connectivity index (χ2v) is 27.4. The lowest BCUT2D eigenvalue weighted by Gasteiger charge is -2.33. The molecule has 30 heteroatoms. The Kier molecular flexibility index (Phi) is 24.3. The molecule has 0 amide bonds. The van der Waals surface area contributed by atoms with Crippen molar-refractivity contribution in [2.75, 3.05) is 126 Å². The highest BCUT2D eigenvalue weighted by Gasteiger charge is 2.23. The van der Waals surface area contributed by atoms with Crippen LogP contribution in [0, 0.1) is 11.6 Å². The zero-order valence-corrected chi connectivity index (χ0v) is 62.3. The van der Waals surface area contributed by atoms with Gasteiger partial charge in [-0.1, -0.05) is 12.1 Å². The van der Waals surface area contributed by atoms with E-state index >= 15 is 0 Å². The Morgan fingerprint density at radius 1 is 0.384 bits per heavy atom. The summed E-state index contributed by atoms with van der Waals surface area (Å²) >= 11 is 0. The average molecular weight is 1540 g/mol. The number of halogens is 6. The van der Waals surface area contributed by atoms with Crippen LogP contribution in [0.5, 0.6) is 34.5 Å². The number of rotatable bonds is 15. The monoisotopic (exact) mass is 1540 g/mol. The van der Waals surface area contributed by atoms with Crippen LogP contribution in [0.15, 0.2) is 202 Å². The van der Waals surface area contributed by atoms with Crippen molar-refractivity contribution in [2.45, 2.75) is 52.1 Å². The fourth-order valence-corrected chi connectivity index (χ4v) is 14.0. The van der Waals surface area contributed by atoms with Crippen LogP contribution in [0.3, 0.4) is 0 Å². The number of alkyl halides is 4. The topological polar surface area (TPSA) is 239 Å². The highest BCUT2D eigenvalue weighted by molar-refractivity contribution is 5.73. The van der Waals surface area contributed by atoms with Crippen LogP contribution >= 0.6 is 0 Å². The van der Waals surface area contributed by atoms with Gasteiger partial charge < -0.3 is 69.7 Å². The normalized spacial score (nSPS) is 16.5. The number of anilines is 4. The van der Waals surface area contributed by atoms with Gasteiger partial charge in [-0.25, -0.2) is 18.7 Å². The van der Waals surface area contributed by atoms with Gasteiger partial charge in [-0.15, -0.1) is 0 Å². The van der Waals surface area contributed by atoms with Crippen LogP contribution in [0.4, 0.5) is 49.1 Å². The number of piperazine rings is 4. The quantitative estimate of drug-likeness (QED) is 0.0600. The van der Waals surface area contributed by atoms with Crippen LogP contribution in [-0.2, 0) is 0 Å². The second-order valence-electron chi connectivity index (χ2n) is 27.4. The molecule has 584 valence electrons. The van der Waals surface area contributed by atoms with Crippen molar-refractivity contribution < 1.29 is 55.1 Å². The number of nitrogens with one attached hydrogen (secondary N) is 4. The van der Waals surface area contributed by atoms with Crippen molar-refractivity contribution in [2.24, 2.45) is 0 Å². The Labute approximate surface area is 639 Å². The van der Waals surface area contributed by atoms with Gasteiger partial charge in [-0.05, 0) is 164 Å². The number of fused-ring (bicyclic) bond motifs is 4. The van der Waals surface area contributed by atoms with Gasteiger partial charge in [0.1, 0.15) is 11.3 Å². The summed E-state index contributed by atoms with van der Waals surface area (Å²) in [6, 6.07) is 43.9. The first-order valence-corrected chi connectivity index (χ1v) is 36.5. The molecule has 112 heavy (non-hydrogen) atoms. The molecule has 4 saturated heterocycles. The lowest BCUT2D eigenvalue weighted by atomic mass is 10.1. The first kappa shape index (κ1) is 78.0. The number of hydrogen-bond donors (Lipinski definition) is 5. The average Bonchev–Trinajstić information content (AvgIpc) is 0.796. The van der Waals surface area contributed by atoms with Gasteiger partial charge in [0.2, 0.25) is 0 Å². The van der Waals surface area contributed by atoms with E-state index in [4.69, 9.17) is 14.2 Å². The van der Waals surface area contributed by atoms with E-state index in [1.165, 1.54) is 90.8 Å². The predicted octanol–water partition coefficient (Wildman–Crippen LogP) is 10.7. The zero-order valence-electron chi connectivity index (χ0n) is 62.3. The van der Waals surface area contributed by atoms with Crippen molar-refractivity contribution in [1.29, 1.82) is 0 Å². The molecule has 16 rings (SSSR count). The van der Waals surface area contributed by atoms with Crippen LogP contribution < -0.4 is 86.8 Å². The molecule has 4 aromatic carbocycles. The van der Waals surface area contributed by atoms with Gasteiger partial charge in [0.15, 0.2) is 46.1 Å². The minimum Gasteiger partial charge on any atom is -0.504 e. The van der Waals surface area contributed by atoms with E-state index in [1.807, 2.05) is 60.9 Å². The van der Waals surface area contributed by atoms with E-state index in [-0.39, 0.29) is 51.0 Å². The summed E-state index contributed by atoms with van der Waals surface area (Å²) in [7, 11) is 4.22. The molecule has 0 saturated carbocycles. The third-order valence-corrected chi connectivity index (χ3v) is 19.7. The molecule has 4 fully saturated rings. The Bertz CT molecular complexity index is 5650. The first-order valence-electron chi connectivity index (χ1n) is 36.5. The highest BCUT2D eigenvalue weighted by Crippen LogP contribution is 2.36. The third kappa shape index (κ3) is 18.3. The lowest BCUT2D eigenvalue weighted by Crippen LogP contribution is -2.49. The van der Waals surface area contributed by atoms with Crippen molar-refractivity contribution in [1.82, 2.24) is 48.8 Å². The summed E-state index contributed by atoms with van der Waals surface area (Å²) in [5.41, 5.74) is 9.78. The molecule has 0 unspecified atom stereocenters. The minimum atomic E-state index is -3.07. The number of aromatic hydroxyl groups is 1. The number of phenolic OH excluding ortho intramolecular Hbond substituents is 1. The zero-order chi connectivity index (χ0) is 78.9. The van der Waals surface area contributed by atoms with Gasteiger partial charge in [0.05, 0.1) is 55.5 Å². The summed E-state index contributed by atoms with van der Waals surface area (Å²) in [6.45, 7) is 11.9. The van der Waals surface area contributed by atoms with Gasteiger partial charge in [-0.2, -0.15) is 17.6 Å². The van der Waals surface area contributed by atoms with Crippen molar-refractivity contribution in [3.63, 3.8) is 0 Å². The van der Waals surface area contributed by atoms with Crippen LogP contribution in [0.25, 0.3) is 67.1 Å². The maximum Gasteiger partial charge on any atom is 0.387 e. The maximum absolute atomic E-state index is 14.0. The minimum absolute atomic E-state index is 0.116. The molecule has 8 aromatic heterocycles. The van der Waals surface area contributed by atoms with Gasteiger partial charge in [-0.3, -0.25) is 36.8 Å². The first-order chi connectivity index (χ1) is 54.0. The largest absolute Gasteiger partial charge is 0.504 e. The van der Waals surface area contributed by atoms with E-state index in [1.54, 1.807) is 69.7 Å². The number of hydrogen-bond acceptors (Lipinski definition) is 20. The van der Waals surface area contributed by atoms with Crippen molar-refractivity contribution >= 4 is 45.1 Å². The number of phenols is 1. The number of nitrogens with zero attached hydrogens (tertiary/aromatic N) is 10. The highest BCUT2D eigenvalue weighted by atomic mass is 19.3. The molecule has 0 radical (unpaired) electrons. The van der Waals surface area contributed by atoms with E-state index in [9.17, 15) is 50.6 Å². The van der Waals surface area contributed by atoms with E-state index < -0.39 is 30.6 Å². The molecular weight excluding hydrogens is 1450 g/mol. The summed E-state index contributed by atoms with van der Waals surface area (Å²) in [6.07, 6.45) is 7.30. The number of pyridine rings is 6. The molecule has 5 N–H and O–H groups in total. The van der Waals surface area contributed by atoms with Crippen LogP contribution in [0.1, 0.15) is 20.8 Å².